The molecule has 0 saturated carbocycles. The van der Waals surface area contributed by atoms with Gasteiger partial charge in [-0.1, -0.05) is 12.2 Å². The van der Waals surface area contributed by atoms with Gasteiger partial charge in [-0.25, -0.2) is 0 Å². The van der Waals surface area contributed by atoms with Crippen molar-refractivity contribution in [3.63, 3.8) is 0 Å². The Morgan fingerprint density at radius 2 is 2.00 bits per heavy atom. The van der Waals surface area contributed by atoms with Crippen LogP contribution in [-0.4, -0.2) is 23.0 Å². The third-order valence-electron chi connectivity index (χ3n) is 2.84. The van der Waals surface area contributed by atoms with Gasteiger partial charge in [0.25, 0.3) is 0 Å². The monoisotopic (exact) mass is 151 g/mol. The molecule has 2 atom stereocenters. The average molecular weight is 151 g/mol. The fourth-order valence-electron chi connectivity index (χ4n) is 2.28. The van der Waals surface area contributed by atoms with Crippen molar-refractivity contribution >= 4 is 0 Å². The van der Waals surface area contributed by atoms with Crippen LogP contribution in [0.3, 0.4) is 0 Å². The summed E-state index contributed by atoms with van der Waals surface area (Å²) in [5, 5.41) is 0. The topological polar surface area (TPSA) is 3.24 Å². The van der Waals surface area contributed by atoms with E-state index in [9.17, 15) is 0 Å². The molecule has 0 aromatic rings. The van der Waals surface area contributed by atoms with E-state index in [2.05, 4.69) is 37.8 Å². The molecule has 2 rings (SSSR count). The summed E-state index contributed by atoms with van der Waals surface area (Å²) in [5.41, 5.74) is 0.365. The Balaban J connectivity index is 2.15. The normalized spacial score (nSPS) is 37.0. The summed E-state index contributed by atoms with van der Waals surface area (Å²) in [6, 6.07) is 0.750. The zero-order valence-corrected chi connectivity index (χ0v) is 7.67. The Labute approximate surface area is 69.1 Å². The second-order valence-electron chi connectivity index (χ2n) is 4.77. The highest BCUT2D eigenvalue weighted by molar-refractivity contribution is 5.14. The van der Waals surface area contributed by atoms with E-state index < -0.39 is 0 Å². The predicted octanol–water partition coefficient (Wildman–Crippen LogP) is 2.05. The summed E-state index contributed by atoms with van der Waals surface area (Å²) in [4.78, 5) is 2.61. The van der Waals surface area contributed by atoms with Crippen molar-refractivity contribution < 1.29 is 0 Å². The van der Waals surface area contributed by atoms with Gasteiger partial charge in [0.1, 0.15) is 0 Å². The SMILES string of the molecule is CC(C)(C)N1CC2C=CC1C2. The number of hydrogen-bond donors (Lipinski definition) is 0. The van der Waals surface area contributed by atoms with Gasteiger partial charge < -0.3 is 0 Å². The highest BCUT2D eigenvalue weighted by atomic mass is 15.2. The van der Waals surface area contributed by atoms with Crippen molar-refractivity contribution in [2.24, 2.45) is 5.92 Å². The first-order chi connectivity index (χ1) is 5.07. The first-order valence-corrected chi connectivity index (χ1v) is 4.52. The molecule has 2 bridgehead atoms. The Morgan fingerprint density at radius 3 is 2.27 bits per heavy atom. The van der Waals surface area contributed by atoms with Gasteiger partial charge in [0, 0.05) is 18.1 Å². The van der Waals surface area contributed by atoms with E-state index in [1.807, 2.05) is 0 Å². The Bertz CT molecular complexity index is 188. The van der Waals surface area contributed by atoms with E-state index in [4.69, 9.17) is 0 Å². The van der Waals surface area contributed by atoms with Crippen LogP contribution in [0.15, 0.2) is 12.2 Å². The molecule has 0 spiro atoms. The van der Waals surface area contributed by atoms with E-state index in [0.717, 1.165) is 12.0 Å². The van der Waals surface area contributed by atoms with Crippen LogP contribution in [0, 0.1) is 5.92 Å². The molecule has 1 heteroatoms. The van der Waals surface area contributed by atoms with Crippen LogP contribution in [0.2, 0.25) is 0 Å². The molecule has 0 aromatic heterocycles. The van der Waals surface area contributed by atoms with Gasteiger partial charge in [0.05, 0.1) is 0 Å². The largest absolute Gasteiger partial charge is 0.291 e. The average Bonchev–Trinajstić information content (AvgIpc) is 2.42. The molecule has 1 aliphatic carbocycles. The Morgan fingerprint density at radius 1 is 1.27 bits per heavy atom. The van der Waals surface area contributed by atoms with Crippen molar-refractivity contribution in [3.05, 3.63) is 12.2 Å². The molecule has 1 nitrogen and oxygen atoms in total. The van der Waals surface area contributed by atoms with Gasteiger partial charge in [0.15, 0.2) is 0 Å². The maximum atomic E-state index is 2.61. The van der Waals surface area contributed by atoms with Crippen LogP contribution in [0.5, 0.6) is 0 Å². The minimum atomic E-state index is 0.365. The smallest absolute Gasteiger partial charge is 0.0289 e. The molecule has 2 unspecified atom stereocenters. The number of likely N-dealkylation sites (tertiary alicyclic amines) is 1. The molecule has 11 heavy (non-hydrogen) atoms. The van der Waals surface area contributed by atoms with Crippen LogP contribution in [0.4, 0.5) is 0 Å². The third-order valence-corrected chi connectivity index (χ3v) is 2.84. The molecule has 62 valence electrons. The third kappa shape index (κ3) is 1.12. The molecule has 2 aliphatic rings. The molecule has 1 fully saturated rings. The summed E-state index contributed by atoms with van der Waals surface area (Å²) < 4.78 is 0. The van der Waals surface area contributed by atoms with E-state index in [-0.39, 0.29) is 0 Å². The number of hydrogen-bond acceptors (Lipinski definition) is 1. The number of rotatable bonds is 0. The minimum absolute atomic E-state index is 0.365. The second kappa shape index (κ2) is 2.10. The molecule has 0 aromatic carbocycles. The molecular weight excluding hydrogens is 134 g/mol. The quantitative estimate of drug-likeness (QED) is 0.479. The lowest BCUT2D eigenvalue weighted by Crippen LogP contribution is -2.44. The molecule has 0 amide bonds. The van der Waals surface area contributed by atoms with Crippen LogP contribution in [-0.2, 0) is 0 Å². The van der Waals surface area contributed by atoms with Gasteiger partial charge in [0.2, 0.25) is 0 Å². The second-order valence-corrected chi connectivity index (χ2v) is 4.77. The van der Waals surface area contributed by atoms with E-state index in [0.29, 0.717) is 5.54 Å². The summed E-state index contributed by atoms with van der Waals surface area (Å²) in [7, 11) is 0. The molecule has 0 N–H and O–H groups in total. The van der Waals surface area contributed by atoms with Crippen LogP contribution < -0.4 is 0 Å². The number of fused-ring (bicyclic) bond motifs is 2. The van der Waals surface area contributed by atoms with E-state index in [1.165, 1.54) is 13.0 Å². The van der Waals surface area contributed by atoms with Gasteiger partial charge in [-0.2, -0.15) is 0 Å². The molecule has 1 aliphatic heterocycles. The van der Waals surface area contributed by atoms with Crippen LogP contribution >= 0.6 is 0 Å². The molecular formula is C10H17N. The maximum Gasteiger partial charge on any atom is 0.0289 e. The van der Waals surface area contributed by atoms with E-state index in [1.54, 1.807) is 0 Å². The molecule has 1 heterocycles. The fraction of sp³-hybridized carbons (Fsp3) is 0.800. The van der Waals surface area contributed by atoms with Gasteiger partial charge in [-0.3, -0.25) is 4.90 Å². The summed E-state index contributed by atoms with van der Waals surface area (Å²) in [6.07, 6.45) is 6.13. The van der Waals surface area contributed by atoms with Gasteiger partial charge in [-0.15, -0.1) is 0 Å². The first-order valence-electron chi connectivity index (χ1n) is 4.52. The van der Waals surface area contributed by atoms with Gasteiger partial charge in [-0.05, 0) is 33.1 Å². The van der Waals surface area contributed by atoms with Crippen molar-refractivity contribution in [3.8, 4) is 0 Å². The maximum absolute atomic E-state index is 2.61. The van der Waals surface area contributed by atoms with Crippen molar-refractivity contribution in [1.29, 1.82) is 0 Å². The standard InChI is InChI=1S/C10H17N/c1-10(2,3)11-7-8-4-5-9(11)6-8/h4-5,8-9H,6-7H2,1-3H3. The molecule has 1 saturated heterocycles. The van der Waals surface area contributed by atoms with Crippen LogP contribution in [0.25, 0.3) is 0 Å². The lowest BCUT2D eigenvalue weighted by atomic mass is 10.0. The molecule has 0 radical (unpaired) electrons. The summed E-state index contributed by atoms with van der Waals surface area (Å²) >= 11 is 0. The lowest BCUT2D eigenvalue weighted by molar-refractivity contribution is 0.137. The highest BCUT2D eigenvalue weighted by Gasteiger charge is 2.38. The minimum Gasteiger partial charge on any atom is -0.291 e. The van der Waals surface area contributed by atoms with Crippen LogP contribution in [0.1, 0.15) is 27.2 Å². The highest BCUT2D eigenvalue weighted by Crippen LogP contribution is 2.35. The zero-order chi connectivity index (χ0) is 8.06. The Hall–Kier alpha value is -0.300. The summed E-state index contributed by atoms with van der Waals surface area (Å²) in [6.45, 7) is 8.20. The van der Waals surface area contributed by atoms with E-state index >= 15 is 0 Å². The summed E-state index contributed by atoms with van der Waals surface area (Å²) in [5.74, 6) is 0.860. The van der Waals surface area contributed by atoms with Crippen molar-refractivity contribution in [1.82, 2.24) is 4.90 Å². The Kier molecular flexibility index (Phi) is 1.40. The lowest BCUT2D eigenvalue weighted by Gasteiger charge is -2.36. The predicted molar refractivity (Wildman–Crippen MR) is 47.5 cm³/mol. The van der Waals surface area contributed by atoms with Gasteiger partial charge >= 0.3 is 0 Å². The zero-order valence-electron chi connectivity index (χ0n) is 7.67. The first kappa shape index (κ1) is 7.35. The number of nitrogens with zero attached hydrogens (tertiary/aromatic N) is 1. The fourth-order valence-corrected chi connectivity index (χ4v) is 2.28. The van der Waals surface area contributed by atoms with Crippen molar-refractivity contribution in [2.45, 2.75) is 38.8 Å². The van der Waals surface area contributed by atoms with Crippen molar-refractivity contribution in [2.75, 3.05) is 6.54 Å².